The zero-order valence-electron chi connectivity index (χ0n) is 17.2. The molecule has 1 unspecified atom stereocenters. The molecule has 0 radical (unpaired) electrons. The van der Waals surface area contributed by atoms with Crippen LogP contribution in [0.2, 0.25) is 0 Å². The van der Waals surface area contributed by atoms with E-state index in [1.165, 1.54) is 5.56 Å². The van der Waals surface area contributed by atoms with Gasteiger partial charge < -0.3 is 14.8 Å². The van der Waals surface area contributed by atoms with Gasteiger partial charge in [-0.25, -0.2) is 4.68 Å². The van der Waals surface area contributed by atoms with E-state index in [0.29, 0.717) is 6.04 Å². The van der Waals surface area contributed by atoms with Crippen molar-refractivity contribution in [3.63, 3.8) is 0 Å². The Hall–Kier alpha value is -1.31. The number of nitrogens with one attached hydrogen (secondary N) is 1. The third-order valence-electron chi connectivity index (χ3n) is 5.99. The largest absolute Gasteiger partial charge is 0.497 e. The van der Waals surface area contributed by atoms with Crippen LogP contribution in [0, 0.1) is 0 Å². The van der Waals surface area contributed by atoms with E-state index < -0.39 is 0 Å². The van der Waals surface area contributed by atoms with Gasteiger partial charge in [-0.05, 0) is 58.0 Å². The van der Waals surface area contributed by atoms with Crippen LogP contribution in [0.4, 0.5) is 0 Å². The van der Waals surface area contributed by atoms with Gasteiger partial charge in [-0.1, -0.05) is 6.07 Å². The molecule has 4 rings (SSSR count). The van der Waals surface area contributed by atoms with Gasteiger partial charge in [0.1, 0.15) is 5.75 Å². The molecule has 1 aromatic heterocycles. The molecule has 29 heavy (non-hydrogen) atoms. The second-order valence-corrected chi connectivity index (χ2v) is 7.84. The highest BCUT2D eigenvalue weighted by Gasteiger charge is 2.39. The molecule has 2 aliphatic heterocycles. The highest BCUT2D eigenvalue weighted by atomic mass is 35.5. The molecule has 1 aromatic carbocycles. The summed E-state index contributed by atoms with van der Waals surface area (Å²) in [6.45, 7) is 3.93. The fourth-order valence-corrected chi connectivity index (χ4v) is 4.36. The van der Waals surface area contributed by atoms with E-state index in [4.69, 9.17) is 9.47 Å². The highest BCUT2D eigenvalue weighted by Crippen LogP contribution is 2.35. The zero-order valence-corrected chi connectivity index (χ0v) is 18.8. The predicted octanol–water partition coefficient (Wildman–Crippen LogP) is 3.46. The quantitative estimate of drug-likeness (QED) is 0.767. The molecule has 2 aliphatic rings. The first-order chi connectivity index (χ1) is 13.2. The standard InChI is InChI=1S/C21H30N4O2.2ClH/c1-24(19-6-11-27-21(13-19)7-9-22-10-8-21)15-17-14-23-25(16-17)18-4-3-5-20(12-18)26-2;;/h3-5,12,14,16,19,22H,6-11,13,15H2,1-2H3;2*1H. The molecule has 2 aromatic rings. The Kier molecular flexibility index (Phi) is 8.79. The first kappa shape index (κ1) is 24.0. The molecule has 162 valence electrons. The van der Waals surface area contributed by atoms with E-state index in [1.54, 1.807) is 7.11 Å². The summed E-state index contributed by atoms with van der Waals surface area (Å²) in [6.07, 6.45) is 8.58. The van der Waals surface area contributed by atoms with Gasteiger partial charge in [0.05, 0.1) is 24.6 Å². The first-order valence-electron chi connectivity index (χ1n) is 9.90. The van der Waals surface area contributed by atoms with Crippen molar-refractivity contribution in [2.24, 2.45) is 0 Å². The Morgan fingerprint density at radius 1 is 1.31 bits per heavy atom. The van der Waals surface area contributed by atoms with E-state index in [2.05, 4.69) is 28.6 Å². The van der Waals surface area contributed by atoms with Crippen LogP contribution in [0.5, 0.6) is 5.75 Å². The van der Waals surface area contributed by atoms with Gasteiger partial charge in [0, 0.05) is 37.0 Å². The van der Waals surface area contributed by atoms with E-state index >= 15 is 0 Å². The van der Waals surface area contributed by atoms with Crippen molar-refractivity contribution in [3.8, 4) is 11.4 Å². The lowest BCUT2D eigenvalue weighted by molar-refractivity contribution is -0.119. The number of halogens is 2. The van der Waals surface area contributed by atoms with Gasteiger partial charge in [0.2, 0.25) is 0 Å². The van der Waals surface area contributed by atoms with Crippen LogP contribution >= 0.6 is 24.8 Å². The second kappa shape index (κ2) is 10.6. The molecule has 0 bridgehead atoms. The molecule has 2 saturated heterocycles. The number of aromatic nitrogens is 2. The normalized spacial score (nSPS) is 20.7. The Morgan fingerprint density at radius 3 is 2.86 bits per heavy atom. The number of nitrogens with zero attached hydrogens (tertiary/aromatic N) is 3. The molecule has 3 heterocycles. The van der Waals surface area contributed by atoms with E-state index in [9.17, 15) is 0 Å². The van der Waals surface area contributed by atoms with Crippen molar-refractivity contribution in [2.75, 3.05) is 33.9 Å². The van der Waals surface area contributed by atoms with Gasteiger partial charge in [-0.3, -0.25) is 4.90 Å². The summed E-state index contributed by atoms with van der Waals surface area (Å²) < 4.78 is 13.5. The highest BCUT2D eigenvalue weighted by molar-refractivity contribution is 5.85. The molecule has 2 fully saturated rings. The number of piperidine rings is 1. The zero-order chi connectivity index (χ0) is 18.7. The van der Waals surface area contributed by atoms with Crippen molar-refractivity contribution < 1.29 is 9.47 Å². The van der Waals surface area contributed by atoms with Crippen molar-refractivity contribution in [1.29, 1.82) is 0 Å². The molecule has 0 saturated carbocycles. The van der Waals surface area contributed by atoms with E-state index in [0.717, 1.165) is 63.4 Å². The minimum Gasteiger partial charge on any atom is -0.497 e. The van der Waals surface area contributed by atoms with Crippen molar-refractivity contribution in [2.45, 2.75) is 43.9 Å². The summed E-state index contributed by atoms with van der Waals surface area (Å²) in [5.74, 6) is 0.844. The number of rotatable bonds is 5. The molecule has 1 spiro atoms. The number of hydrogen-bond acceptors (Lipinski definition) is 5. The summed E-state index contributed by atoms with van der Waals surface area (Å²) in [6, 6.07) is 8.55. The fraction of sp³-hybridized carbons (Fsp3) is 0.571. The second-order valence-electron chi connectivity index (χ2n) is 7.84. The van der Waals surface area contributed by atoms with Gasteiger partial charge in [0.25, 0.3) is 0 Å². The Balaban J connectivity index is 0.00000150. The number of methoxy groups -OCH3 is 1. The van der Waals surface area contributed by atoms with Crippen LogP contribution in [-0.2, 0) is 11.3 Å². The van der Waals surface area contributed by atoms with Crippen molar-refractivity contribution in [1.82, 2.24) is 20.0 Å². The number of benzene rings is 1. The van der Waals surface area contributed by atoms with Gasteiger partial charge >= 0.3 is 0 Å². The first-order valence-corrected chi connectivity index (χ1v) is 9.90. The van der Waals surface area contributed by atoms with Crippen molar-refractivity contribution >= 4 is 24.8 Å². The molecule has 8 heteroatoms. The van der Waals surface area contributed by atoms with Crippen LogP contribution in [0.3, 0.4) is 0 Å². The number of hydrogen-bond donors (Lipinski definition) is 1. The maximum atomic E-state index is 6.23. The third-order valence-corrected chi connectivity index (χ3v) is 5.99. The SMILES string of the molecule is COc1cccc(-n2cc(CN(C)C3CCOC4(CCNCC4)C3)cn2)c1.Cl.Cl. The van der Waals surface area contributed by atoms with Crippen LogP contribution in [-0.4, -0.2) is 60.2 Å². The van der Waals surface area contributed by atoms with Crippen LogP contribution in [0.15, 0.2) is 36.7 Å². The van der Waals surface area contributed by atoms with Gasteiger partial charge in [-0.15, -0.1) is 24.8 Å². The maximum absolute atomic E-state index is 6.23. The lowest BCUT2D eigenvalue weighted by atomic mass is 9.82. The van der Waals surface area contributed by atoms with Crippen molar-refractivity contribution in [3.05, 3.63) is 42.2 Å². The Bertz CT molecular complexity index is 759. The molecule has 1 atom stereocenters. The third kappa shape index (κ3) is 5.64. The van der Waals surface area contributed by atoms with E-state index in [-0.39, 0.29) is 30.4 Å². The monoisotopic (exact) mass is 442 g/mol. The smallest absolute Gasteiger partial charge is 0.121 e. The molecule has 1 N–H and O–H groups in total. The van der Waals surface area contributed by atoms with Gasteiger partial charge in [-0.2, -0.15) is 5.10 Å². The summed E-state index contributed by atoms with van der Waals surface area (Å²) >= 11 is 0. The fourth-order valence-electron chi connectivity index (χ4n) is 4.36. The summed E-state index contributed by atoms with van der Waals surface area (Å²) in [4.78, 5) is 2.47. The Morgan fingerprint density at radius 2 is 2.10 bits per heavy atom. The molecule has 0 amide bonds. The average Bonchev–Trinajstić information content (AvgIpc) is 3.17. The minimum absolute atomic E-state index is 0. The molecule has 6 nitrogen and oxygen atoms in total. The van der Waals surface area contributed by atoms with Crippen LogP contribution in [0.25, 0.3) is 5.69 Å². The average molecular weight is 443 g/mol. The lowest BCUT2D eigenvalue weighted by Gasteiger charge is -2.46. The van der Waals surface area contributed by atoms with Gasteiger partial charge in [0.15, 0.2) is 0 Å². The molecular weight excluding hydrogens is 411 g/mol. The lowest BCUT2D eigenvalue weighted by Crippen LogP contribution is -2.52. The Labute approximate surface area is 185 Å². The molecular formula is C21H32Cl2N4O2. The predicted molar refractivity (Wildman–Crippen MR) is 120 cm³/mol. The number of ether oxygens (including phenoxy) is 2. The van der Waals surface area contributed by atoms with Crippen LogP contribution < -0.4 is 10.1 Å². The summed E-state index contributed by atoms with van der Waals surface area (Å²) in [5, 5.41) is 8.00. The summed E-state index contributed by atoms with van der Waals surface area (Å²) in [5.41, 5.74) is 2.34. The van der Waals surface area contributed by atoms with E-state index in [1.807, 2.05) is 35.1 Å². The summed E-state index contributed by atoms with van der Waals surface area (Å²) in [7, 11) is 3.92. The minimum atomic E-state index is 0. The van der Waals surface area contributed by atoms with Crippen LogP contribution in [0.1, 0.15) is 31.2 Å². The maximum Gasteiger partial charge on any atom is 0.121 e. The molecule has 0 aliphatic carbocycles. The topological polar surface area (TPSA) is 51.5 Å².